The highest BCUT2D eigenvalue weighted by Gasteiger charge is 2.50. The summed E-state index contributed by atoms with van der Waals surface area (Å²) in [4.78, 5) is 0. The fraction of sp³-hybridized carbons (Fsp3) is 0.273. The Morgan fingerprint density at radius 3 is 1.29 bits per heavy atom. The first-order valence-corrected chi connectivity index (χ1v) is 21.1. The zero-order valence-corrected chi connectivity index (χ0v) is 32.3. The number of rotatable bonds is 14. The monoisotopic (exact) mass is 732 g/mol. The molecule has 0 heterocycles. The van der Waals surface area contributed by atoms with Crippen LogP contribution in [0.3, 0.4) is 0 Å². The van der Waals surface area contributed by atoms with Crippen LogP contribution >= 0.6 is 7.26 Å². The second-order valence-corrected chi connectivity index (χ2v) is 21.3. The molecule has 0 aliphatic carbocycles. The molecule has 0 atom stereocenters. The molecule has 0 unspecified atom stereocenters. The number of hydrogen-bond acceptors (Lipinski definition) is 1. The summed E-state index contributed by atoms with van der Waals surface area (Å²) < 4.78 is 6.94. The third-order valence-corrected chi connectivity index (χ3v) is 18.8. The van der Waals surface area contributed by atoms with E-state index in [1.807, 2.05) is 0 Å². The fourth-order valence-corrected chi connectivity index (χ4v) is 15.9. The minimum Gasteiger partial charge on any atom is -1.00 e. The van der Waals surface area contributed by atoms with Gasteiger partial charge >= 0.3 is 0 Å². The van der Waals surface area contributed by atoms with Crippen LogP contribution < -0.4 is 43.3 Å². The minimum absolute atomic E-state index is 0. The molecule has 0 N–H and O–H groups in total. The summed E-state index contributed by atoms with van der Waals surface area (Å²) in [6.45, 7) is 7.42. The maximum Gasteiger partial charge on any atom is 0.262 e. The van der Waals surface area contributed by atoms with Crippen LogP contribution in [-0.4, -0.2) is 21.1 Å². The first-order valence-electron chi connectivity index (χ1n) is 17.2. The van der Waals surface area contributed by atoms with Crippen molar-refractivity contribution in [3.8, 4) is 11.8 Å². The van der Waals surface area contributed by atoms with Crippen molar-refractivity contribution in [3.05, 3.63) is 152 Å². The van der Waals surface area contributed by atoms with Crippen LogP contribution in [0.2, 0.25) is 5.04 Å². The second-order valence-electron chi connectivity index (χ2n) is 13.4. The topological polar surface area (TPSA) is 9.23 Å². The molecule has 5 aromatic carbocycles. The Hall–Kier alpha value is -3.25. The van der Waals surface area contributed by atoms with Crippen LogP contribution in [-0.2, 0) is 4.43 Å². The average Bonchev–Trinajstić information content (AvgIpc) is 3.12. The first-order chi connectivity index (χ1) is 23.0. The van der Waals surface area contributed by atoms with Crippen LogP contribution in [0.4, 0.5) is 0 Å². The Labute approximate surface area is 302 Å². The van der Waals surface area contributed by atoms with E-state index in [0.717, 1.165) is 12.8 Å². The maximum atomic E-state index is 6.94. The van der Waals surface area contributed by atoms with E-state index in [9.17, 15) is 0 Å². The highest BCUT2D eigenvalue weighted by Crippen LogP contribution is 2.56. The zero-order chi connectivity index (χ0) is 32.8. The van der Waals surface area contributed by atoms with Crippen molar-refractivity contribution in [2.24, 2.45) is 0 Å². The molecule has 0 fully saturated rings. The van der Waals surface area contributed by atoms with Gasteiger partial charge in [0.1, 0.15) is 23.2 Å². The van der Waals surface area contributed by atoms with Crippen LogP contribution in [0.25, 0.3) is 0 Å². The van der Waals surface area contributed by atoms with E-state index >= 15 is 0 Å². The summed E-state index contributed by atoms with van der Waals surface area (Å²) in [6, 6.07) is 55.4. The van der Waals surface area contributed by atoms with Gasteiger partial charge in [0.2, 0.25) is 0 Å². The lowest BCUT2D eigenvalue weighted by Crippen LogP contribution is -3.00. The molecule has 0 radical (unpaired) electrons. The summed E-state index contributed by atoms with van der Waals surface area (Å²) in [5, 5.41) is 7.02. The van der Waals surface area contributed by atoms with Gasteiger partial charge in [-0.25, -0.2) is 0 Å². The van der Waals surface area contributed by atoms with E-state index in [1.165, 1.54) is 58.1 Å². The summed E-state index contributed by atoms with van der Waals surface area (Å²) in [6.07, 6.45) is 8.21. The maximum absolute atomic E-state index is 6.94. The predicted molar refractivity (Wildman–Crippen MR) is 209 cm³/mol. The molecule has 0 aliphatic heterocycles. The summed E-state index contributed by atoms with van der Waals surface area (Å²) in [7, 11) is -4.26. The Bertz CT molecular complexity index is 1540. The zero-order valence-electron chi connectivity index (χ0n) is 28.8. The lowest BCUT2D eigenvalue weighted by molar-refractivity contribution is -0.0000100. The Morgan fingerprint density at radius 1 is 0.500 bits per heavy atom. The summed E-state index contributed by atoms with van der Waals surface area (Å²) in [5.74, 6) is 6.84. The van der Waals surface area contributed by atoms with Gasteiger partial charge in [0.15, 0.2) is 0 Å². The van der Waals surface area contributed by atoms with Crippen molar-refractivity contribution < 1.29 is 21.4 Å². The van der Waals surface area contributed by atoms with Crippen molar-refractivity contribution in [1.29, 1.82) is 0 Å². The van der Waals surface area contributed by atoms with Gasteiger partial charge in [-0.1, -0.05) is 155 Å². The molecule has 0 amide bonds. The smallest absolute Gasteiger partial charge is 0.262 e. The van der Waals surface area contributed by atoms with Gasteiger partial charge in [0.25, 0.3) is 8.32 Å². The highest BCUT2D eigenvalue weighted by molar-refractivity contribution is 7.95. The molecule has 5 rings (SSSR count). The normalized spacial score (nSPS) is 11.6. The Kier molecular flexibility index (Phi) is 14.5. The van der Waals surface area contributed by atoms with Gasteiger partial charge in [-0.15, -0.1) is 5.92 Å². The average molecular weight is 734 g/mol. The number of unbranched alkanes of at least 4 members (excludes halogenated alkanes) is 5. The largest absolute Gasteiger partial charge is 1.00 e. The molecular formula is C44H50BrOPSi. The highest BCUT2D eigenvalue weighted by atomic mass is 79.9. The van der Waals surface area contributed by atoms with Crippen molar-refractivity contribution in [3.63, 3.8) is 0 Å². The molecule has 4 heteroatoms. The molecule has 0 aromatic heterocycles. The molecule has 0 spiro atoms. The lowest BCUT2D eigenvalue weighted by atomic mass is 10.1. The van der Waals surface area contributed by atoms with Gasteiger partial charge < -0.3 is 21.4 Å². The number of benzene rings is 5. The van der Waals surface area contributed by atoms with Crippen molar-refractivity contribution in [2.75, 3.05) is 12.8 Å². The van der Waals surface area contributed by atoms with Crippen molar-refractivity contribution in [1.82, 2.24) is 0 Å². The molecule has 48 heavy (non-hydrogen) atoms. The molecule has 5 aromatic rings. The van der Waals surface area contributed by atoms with Gasteiger partial charge in [-0.05, 0) is 71.1 Å². The molecule has 0 saturated heterocycles. The molecular weight excluding hydrogens is 683 g/mol. The van der Waals surface area contributed by atoms with Crippen LogP contribution in [0.5, 0.6) is 0 Å². The van der Waals surface area contributed by atoms with E-state index in [-0.39, 0.29) is 22.0 Å². The van der Waals surface area contributed by atoms with E-state index in [4.69, 9.17) is 4.43 Å². The quantitative estimate of drug-likeness (QED) is 0.0598. The molecule has 0 saturated carbocycles. The first kappa shape index (κ1) is 37.6. The number of hydrogen-bond donors (Lipinski definition) is 0. The molecule has 0 aliphatic rings. The van der Waals surface area contributed by atoms with Crippen molar-refractivity contribution >= 4 is 41.9 Å². The molecule has 0 bridgehead atoms. The molecule has 248 valence electrons. The predicted octanol–water partition coefficient (Wildman–Crippen LogP) is 5.91. The second kappa shape index (κ2) is 18.5. The van der Waals surface area contributed by atoms with Gasteiger partial charge in [-0.2, -0.15) is 0 Å². The summed E-state index contributed by atoms with van der Waals surface area (Å²) >= 11 is 0. The number of halogens is 1. The van der Waals surface area contributed by atoms with E-state index in [0.29, 0.717) is 6.61 Å². The van der Waals surface area contributed by atoms with E-state index in [2.05, 4.69) is 184 Å². The van der Waals surface area contributed by atoms with Gasteiger partial charge in [0, 0.05) is 6.42 Å². The SMILES string of the molecule is CC(C)(C)[Si](OCC#CCCCCCCC[P+](c1ccccc1)(c1ccccc1)c1ccccc1)(c1ccccc1)c1ccccc1.[Br-]. The van der Waals surface area contributed by atoms with E-state index in [1.54, 1.807) is 0 Å². The van der Waals surface area contributed by atoms with Crippen LogP contribution in [0.1, 0.15) is 59.3 Å². The van der Waals surface area contributed by atoms with Crippen molar-refractivity contribution in [2.45, 2.75) is 64.3 Å². The molecule has 1 nitrogen and oxygen atoms in total. The van der Waals surface area contributed by atoms with Gasteiger partial charge in [-0.3, -0.25) is 0 Å². The minimum atomic E-state index is -2.53. The lowest BCUT2D eigenvalue weighted by Gasteiger charge is -2.42. The third-order valence-electron chi connectivity index (χ3n) is 9.29. The standard InChI is InChI=1S/C44H50OPSi.BrH/c1-44(2,3)47(42-33-21-13-22-34-42,43-35-23-14-24-36-43)45-37-25-8-6-4-5-7-9-26-38-46(39-27-15-10-16-28-39,40-29-17-11-18-30-40)41-31-19-12-20-32-41;/h10-24,27-36H,4-7,9,26,37-38H2,1-3H3;1H/q+1;/p-1. The van der Waals surface area contributed by atoms with Crippen LogP contribution in [0.15, 0.2) is 152 Å². The Balaban J connectivity index is 0.00000520. The van der Waals surface area contributed by atoms with Gasteiger partial charge in [0.05, 0.1) is 12.8 Å². The van der Waals surface area contributed by atoms with Crippen LogP contribution in [0, 0.1) is 11.8 Å². The fourth-order valence-electron chi connectivity index (χ4n) is 7.02. The summed E-state index contributed by atoms with van der Waals surface area (Å²) in [5.41, 5.74) is 0. The Morgan fingerprint density at radius 2 is 0.875 bits per heavy atom. The third kappa shape index (κ3) is 8.85. The van der Waals surface area contributed by atoms with E-state index < -0.39 is 15.6 Å².